The van der Waals surface area contributed by atoms with Crippen molar-refractivity contribution in [2.45, 2.75) is 20.3 Å². The van der Waals surface area contributed by atoms with Crippen molar-refractivity contribution in [3.63, 3.8) is 0 Å². The molecule has 1 aliphatic rings. The summed E-state index contributed by atoms with van der Waals surface area (Å²) in [7, 11) is 0. The lowest BCUT2D eigenvalue weighted by atomic mass is 10.2. The average molecular weight is 235 g/mol. The molecule has 17 heavy (non-hydrogen) atoms. The Hall–Kier alpha value is -1.71. The van der Waals surface area contributed by atoms with Gasteiger partial charge in [-0.2, -0.15) is 0 Å². The molecular formula is C13H17NO3. The van der Waals surface area contributed by atoms with Crippen LogP contribution >= 0.6 is 0 Å². The molecule has 2 rings (SSSR count). The van der Waals surface area contributed by atoms with Gasteiger partial charge < -0.3 is 14.8 Å². The van der Waals surface area contributed by atoms with Gasteiger partial charge >= 0.3 is 0 Å². The minimum Gasteiger partial charge on any atom is -0.493 e. The summed E-state index contributed by atoms with van der Waals surface area (Å²) >= 11 is 0. The van der Waals surface area contributed by atoms with Gasteiger partial charge in [-0.05, 0) is 18.1 Å². The highest BCUT2D eigenvalue weighted by atomic mass is 16.5. The van der Waals surface area contributed by atoms with Crippen LogP contribution in [0.15, 0.2) is 18.2 Å². The van der Waals surface area contributed by atoms with Gasteiger partial charge in [-0.25, -0.2) is 0 Å². The van der Waals surface area contributed by atoms with Crippen LogP contribution in [-0.4, -0.2) is 19.1 Å². The first-order valence-electron chi connectivity index (χ1n) is 5.84. The maximum absolute atomic E-state index is 11.3. The summed E-state index contributed by atoms with van der Waals surface area (Å²) < 4.78 is 11.1. The molecule has 4 heteroatoms. The molecule has 1 amide bonds. The van der Waals surface area contributed by atoms with Gasteiger partial charge in [0.05, 0.1) is 25.3 Å². The first kappa shape index (κ1) is 11.8. The number of fused-ring (bicyclic) bond motifs is 1. The Morgan fingerprint density at radius 2 is 2.29 bits per heavy atom. The van der Waals surface area contributed by atoms with E-state index in [0.29, 0.717) is 37.0 Å². The molecular weight excluding hydrogens is 218 g/mol. The molecule has 0 atom stereocenters. The minimum atomic E-state index is -0.0143. The maximum Gasteiger partial charge on any atom is 0.227 e. The monoisotopic (exact) mass is 235 g/mol. The van der Waals surface area contributed by atoms with E-state index in [1.165, 1.54) is 0 Å². The Morgan fingerprint density at radius 1 is 1.47 bits per heavy atom. The zero-order chi connectivity index (χ0) is 12.3. The van der Waals surface area contributed by atoms with E-state index in [1.807, 2.05) is 18.2 Å². The van der Waals surface area contributed by atoms with Crippen LogP contribution in [0, 0.1) is 5.92 Å². The van der Waals surface area contributed by atoms with Crippen LogP contribution in [0.2, 0.25) is 0 Å². The molecule has 92 valence electrons. The highest BCUT2D eigenvalue weighted by Gasteiger charge is 2.14. The van der Waals surface area contributed by atoms with Crippen molar-refractivity contribution in [1.82, 2.24) is 0 Å². The number of nitrogens with one attached hydrogen (secondary N) is 1. The molecule has 0 aromatic heterocycles. The van der Waals surface area contributed by atoms with Crippen molar-refractivity contribution in [3.8, 4) is 11.5 Å². The number of amides is 1. The van der Waals surface area contributed by atoms with Crippen molar-refractivity contribution >= 4 is 11.6 Å². The van der Waals surface area contributed by atoms with Crippen LogP contribution in [0.3, 0.4) is 0 Å². The Morgan fingerprint density at radius 3 is 3.06 bits per heavy atom. The fourth-order valence-electron chi connectivity index (χ4n) is 1.54. The predicted molar refractivity (Wildman–Crippen MR) is 65.5 cm³/mol. The maximum atomic E-state index is 11.3. The van der Waals surface area contributed by atoms with Gasteiger partial charge in [-0.3, -0.25) is 4.79 Å². The van der Waals surface area contributed by atoms with Crippen LogP contribution in [0.25, 0.3) is 0 Å². The summed E-state index contributed by atoms with van der Waals surface area (Å²) in [6, 6.07) is 5.48. The number of hydrogen-bond donors (Lipinski definition) is 1. The number of hydrogen-bond acceptors (Lipinski definition) is 3. The zero-order valence-corrected chi connectivity index (χ0v) is 10.2. The van der Waals surface area contributed by atoms with Gasteiger partial charge in [0.15, 0.2) is 0 Å². The molecule has 0 saturated heterocycles. The second-order valence-corrected chi connectivity index (χ2v) is 4.51. The number of carbonyl (C=O) groups is 1. The summed E-state index contributed by atoms with van der Waals surface area (Å²) in [6.45, 7) is 5.28. The molecule has 0 saturated carbocycles. The van der Waals surface area contributed by atoms with Crippen LogP contribution in [-0.2, 0) is 4.79 Å². The molecule has 1 heterocycles. The van der Waals surface area contributed by atoms with Crippen molar-refractivity contribution in [1.29, 1.82) is 0 Å². The summed E-state index contributed by atoms with van der Waals surface area (Å²) in [5.74, 6) is 1.92. The van der Waals surface area contributed by atoms with Crippen molar-refractivity contribution in [3.05, 3.63) is 18.2 Å². The van der Waals surface area contributed by atoms with E-state index < -0.39 is 0 Å². The Balaban J connectivity index is 2.13. The van der Waals surface area contributed by atoms with Gasteiger partial charge in [0, 0.05) is 6.07 Å². The fraction of sp³-hybridized carbons (Fsp3) is 0.462. The van der Waals surface area contributed by atoms with Gasteiger partial charge in [0.25, 0.3) is 0 Å². The standard InChI is InChI=1S/C13H17NO3/c1-9(2)8-17-10-3-4-11-12(7-10)16-6-5-13(15)14-11/h3-4,7,9H,5-6,8H2,1-2H3,(H,14,15). The van der Waals surface area contributed by atoms with E-state index in [1.54, 1.807) is 0 Å². The Labute approximate surface area is 101 Å². The summed E-state index contributed by atoms with van der Waals surface area (Å²) in [6.07, 6.45) is 0.386. The molecule has 0 bridgehead atoms. The van der Waals surface area contributed by atoms with Crippen molar-refractivity contribution in [2.24, 2.45) is 5.92 Å². The summed E-state index contributed by atoms with van der Waals surface area (Å²) in [4.78, 5) is 11.3. The summed E-state index contributed by atoms with van der Waals surface area (Å²) in [5, 5.41) is 2.79. The zero-order valence-electron chi connectivity index (χ0n) is 10.2. The molecule has 1 N–H and O–H groups in total. The van der Waals surface area contributed by atoms with E-state index in [9.17, 15) is 4.79 Å². The molecule has 1 aromatic carbocycles. The lowest BCUT2D eigenvalue weighted by Crippen LogP contribution is -2.10. The third kappa shape index (κ3) is 3.12. The Bertz CT molecular complexity index is 415. The lowest BCUT2D eigenvalue weighted by molar-refractivity contribution is -0.116. The van der Waals surface area contributed by atoms with Crippen molar-refractivity contribution < 1.29 is 14.3 Å². The second kappa shape index (κ2) is 5.08. The smallest absolute Gasteiger partial charge is 0.227 e. The van der Waals surface area contributed by atoms with Gasteiger partial charge in [0.2, 0.25) is 5.91 Å². The van der Waals surface area contributed by atoms with Crippen LogP contribution < -0.4 is 14.8 Å². The van der Waals surface area contributed by atoms with E-state index in [0.717, 1.165) is 5.75 Å². The van der Waals surface area contributed by atoms with Gasteiger partial charge in [-0.15, -0.1) is 0 Å². The number of ether oxygens (including phenoxy) is 2. The number of anilines is 1. The SMILES string of the molecule is CC(C)COc1ccc2c(c1)OCCC(=O)N2. The van der Waals surface area contributed by atoms with E-state index >= 15 is 0 Å². The highest BCUT2D eigenvalue weighted by molar-refractivity contribution is 5.93. The molecule has 0 radical (unpaired) electrons. The predicted octanol–water partition coefficient (Wildman–Crippen LogP) is 2.44. The molecule has 0 fully saturated rings. The minimum absolute atomic E-state index is 0.0143. The first-order chi connectivity index (χ1) is 8.15. The van der Waals surface area contributed by atoms with Crippen LogP contribution in [0.1, 0.15) is 20.3 Å². The molecule has 1 aromatic rings. The highest BCUT2D eigenvalue weighted by Crippen LogP contribution is 2.31. The van der Waals surface area contributed by atoms with E-state index in [-0.39, 0.29) is 5.91 Å². The summed E-state index contributed by atoms with van der Waals surface area (Å²) in [5.41, 5.74) is 0.712. The van der Waals surface area contributed by atoms with Gasteiger partial charge in [0.1, 0.15) is 11.5 Å². The third-order valence-electron chi connectivity index (χ3n) is 2.40. The van der Waals surface area contributed by atoms with Crippen molar-refractivity contribution in [2.75, 3.05) is 18.5 Å². The molecule has 0 spiro atoms. The molecule has 0 unspecified atom stereocenters. The molecule has 4 nitrogen and oxygen atoms in total. The van der Waals surface area contributed by atoms with E-state index in [2.05, 4.69) is 19.2 Å². The second-order valence-electron chi connectivity index (χ2n) is 4.51. The molecule has 0 aliphatic carbocycles. The molecule has 1 aliphatic heterocycles. The van der Waals surface area contributed by atoms with E-state index in [4.69, 9.17) is 9.47 Å². The van der Waals surface area contributed by atoms with Crippen LogP contribution in [0.4, 0.5) is 5.69 Å². The normalized spacial score (nSPS) is 14.6. The van der Waals surface area contributed by atoms with Gasteiger partial charge in [-0.1, -0.05) is 13.8 Å². The third-order valence-corrected chi connectivity index (χ3v) is 2.40. The Kier molecular flexibility index (Phi) is 3.52. The largest absolute Gasteiger partial charge is 0.493 e. The average Bonchev–Trinajstić information content (AvgIpc) is 2.46. The lowest BCUT2D eigenvalue weighted by Gasteiger charge is -2.12. The fourth-order valence-corrected chi connectivity index (χ4v) is 1.54. The topological polar surface area (TPSA) is 47.6 Å². The first-order valence-corrected chi connectivity index (χ1v) is 5.84. The number of rotatable bonds is 3. The number of carbonyl (C=O) groups excluding carboxylic acids is 1. The van der Waals surface area contributed by atoms with Crippen LogP contribution in [0.5, 0.6) is 11.5 Å². The quantitative estimate of drug-likeness (QED) is 0.875. The number of benzene rings is 1.